The molecular formula is C17H22N2O2S. The number of anilines is 1. The standard InChI is InChI=1S/C17H22N2O2S/c1-10-5-4-6-11(2)19(10)17(21)13-7-8-15-14(9-13)18-16(20)12(3)22-15/h7-12H,4-6H2,1-3H3,(H,18,20). The van der Waals surface area contributed by atoms with Crippen LogP contribution in [0.1, 0.15) is 50.4 Å². The summed E-state index contributed by atoms with van der Waals surface area (Å²) >= 11 is 1.54. The van der Waals surface area contributed by atoms with Gasteiger partial charge in [0.25, 0.3) is 5.91 Å². The first-order valence-corrected chi connectivity index (χ1v) is 8.79. The Morgan fingerprint density at radius 3 is 2.59 bits per heavy atom. The number of benzene rings is 1. The van der Waals surface area contributed by atoms with Crippen molar-refractivity contribution in [3.8, 4) is 0 Å². The van der Waals surface area contributed by atoms with Crippen molar-refractivity contribution in [2.24, 2.45) is 0 Å². The number of carbonyl (C=O) groups excluding carboxylic acids is 2. The van der Waals surface area contributed by atoms with Crippen LogP contribution in [-0.4, -0.2) is 34.0 Å². The van der Waals surface area contributed by atoms with Crippen LogP contribution in [0.15, 0.2) is 23.1 Å². The van der Waals surface area contributed by atoms with E-state index >= 15 is 0 Å². The highest BCUT2D eigenvalue weighted by molar-refractivity contribution is 8.00. The van der Waals surface area contributed by atoms with Crippen LogP contribution >= 0.6 is 11.8 Å². The Labute approximate surface area is 135 Å². The van der Waals surface area contributed by atoms with Gasteiger partial charge in [-0.3, -0.25) is 9.59 Å². The number of thioether (sulfide) groups is 1. The molecule has 0 aromatic heterocycles. The molecule has 5 heteroatoms. The molecule has 118 valence electrons. The quantitative estimate of drug-likeness (QED) is 0.862. The minimum atomic E-state index is -0.0869. The number of carbonyl (C=O) groups is 2. The van der Waals surface area contributed by atoms with E-state index in [1.165, 1.54) is 6.42 Å². The average Bonchev–Trinajstić information content (AvgIpc) is 2.47. The van der Waals surface area contributed by atoms with E-state index in [1.54, 1.807) is 11.8 Å². The van der Waals surface area contributed by atoms with E-state index in [9.17, 15) is 9.59 Å². The molecule has 1 aromatic rings. The van der Waals surface area contributed by atoms with Gasteiger partial charge >= 0.3 is 0 Å². The zero-order valence-electron chi connectivity index (χ0n) is 13.3. The SMILES string of the molecule is CC1Sc2ccc(C(=O)N3C(C)CCCC3C)cc2NC1=O. The summed E-state index contributed by atoms with van der Waals surface area (Å²) in [5, 5.41) is 2.81. The number of amides is 2. The van der Waals surface area contributed by atoms with Gasteiger partial charge in [0, 0.05) is 22.5 Å². The normalized spacial score (nSPS) is 28.0. The number of fused-ring (bicyclic) bond motifs is 1. The lowest BCUT2D eigenvalue weighted by Crippen LogP contribution is -2.47. The maximum Gasteiger partial charge on any atom is 0.254 e. The molecule has 2 aliphatic rings. The van der Waals surface area contributed by atoms with Gasteiger partial charge in [-0.2, -0.15) is 0 Å². The zero-order chi connectivity index (χ0) is 15.9. The monoisotopic (exact) mass is 318 g/mol. The second-order valence-electron chi connectivity index (χ2n) is 6.30. The van der Waals surface area contributed by atoms with Crippen molar-refractivity contribution >= 4 is 29.3 Å². The van der Waals surface area contributed by atoms with Crippen molar-refractivity contribution in [3.63, 3.8) is 0 Å². The number of likely N-dealkylation sites (tertiary alicyclic amines) is 1. The van der Waals surface area contributed by atoms with Gasteiger partial charge in [-0.1, -0.05) is 0 Å². The lowest BCUT2D eigenvalue weighted by Gasteiger charge is -2.39. The van der Waals surface area contributed by atoms with Crippen LogP contribution in [0.2, 0.25) is 0 Å². The second kappa shape index (κ2) is 5.95. The van der Waals surface area contributed by atoms with E-state index in [4.69, 9.17) is 0 Å². The van der Waals surface area contributed by atoms with E-state index in [0.29, 0.717) is 5.56 Å². The molecule has 1 aromatic carbocycles. The van der Waals surface area contributed by atoms with Gasteiger partial charge in [0.05, 0.1) is 10.9 Å². The number of hydrogen-bond acceptors (Lipinski definition) is 3. The van der Waals surface area contributed by atoms with Gasteiger partial charge in [-0.25, -0.2) is 0 Å². The number of nitrogens with zero attached hydrogens (tertiary/aromatic N) is 1. The number of rotatable bonds is 1. The maximum absolute atomic E-state index is 12.9. The Morgan fingerprint density at radius 1 is 1.23 bits per heavy atom. The third-order valence-corrected chi connectivity index (χ3v) is 5.76. The summed E-state index contributed by atoms with van der Waals surface area (Å²) < 4.78 is 0. The summed E-state index contributed by atoms with van der Waals surface area (Å²) in [4.78, 5) is 27.7. The Hall–Kier alpha value is -1.49. The highest BCUT2D eigenvalue weighted by Crippen LogP contribution is 2.36. The van der Waals surface area contributed by atoms with Crippen LogP contribution in [0.5, 0.6) is 0 Å². The molecule has 0 bridgehead atoms. The maximum atomic E-state index is 12.9. The van der Waals surface area contributed by atoms with Gasteiger partial charge in [0.1, 0.15) is 0 Å². The molecule has 4 nitrogen and oxygen atoms in total. The summed E-state index contributed by atoms with van der Waals surface area (Å²) in [5.74, 6) is 0.0715. The Balaban J connectivity index is 1.87. The van der Waals surface area contributed by atoms with Crippen LogP contribution in [0.25, 0.3) is 0 Å². The molecule has 0 radical (unpaired) electrons. The molecule has 3 atom stereocenters. The minimum Gasteiger partial charge on any atom is -0.333 e. The highest BCUT2D eigenvalue weighted by atomic mass is 32.2. The molecule has 1 saturated heterocycles. The van der Waals surface area contributed by atoms with Gasteiger partial charge in [0.2, 0.25) is 5.91 Å². The van der Waals surface area contributed by atoms with E-state index in [-0.39, 0.29) is 29.1 Å². The second-order valence-corrected chi connectivity index (χ2v) is 7.68. The summed E-state index contributed by atoms with van der Waals surface area (Å²) in [7, 11) is 0. The first-order chi connectivity index (χ1) is 10.5. The molecule has 3 rings (SSSR count). The molecular weight excluding hydrogens is 296 g/mol. The van der Waals surface area contributed by atoms with E-state index in [0.717, 1.165) is 23.4 Å². The summed E-state index contributed by atoms with van der Waals surface area (Å²) in [5.41, 5.74) is 1.42. The van der Waals surface area contributed by atoms with Gasteiger partial charge < -0.3 is 10.2 Å². The fraction of sp³-hybridized carbons (Fsp3) is 0.529. The molecule has 2 amide bonds. The minimum absolute atomic E-state index is 0.00167. The summed E-state index contributed by atoms with van der Waals surface area (Å²) in [6, 6.07) is 6.20. The van der Waals surface area contributed by atoms with Crippen LogP contribution < -0.4 is 5.32 Å². The average molecular weight is 318 g/mol. The smallest absolute Gasteiger partial charge is 0.254 e. The van der Waals surface area contributed by atoms with Gasteiger partial charge in [-0.05, 0) is 58.2 Å². The molecule has 0 aliphatic carbocycles. The fourth-order valence-electron chi connectivity index (χ4n) is 3.31. The number of hydrogen-bond donors (Lipinski definition) is 1. The lowest BCUT2D eigenvalue weighted by molar-refractivity contribution is -0.115. The largest absolute Gasteiger partial charge is 0.333 e. The first-order valence-electron chi connectivity index (χ1n) is 7.91. The van der Waals surface area contributed by atoms with Gasteiger partial charge in [0.15, 0.2) is 0 Å². The Bertz CT molecular complexity index is 607. The molecule has 1 fully saturated rings. The predicted molar refractivity (Wildman–Crippen MR) is 89.3 cm³/mol. The molecule has 0 saturated carbocycles. The highest BCUT2D eigenvalue weighted by Gasteiger charge is 2.30. The van der Waals surface area contributed by atoms with Crippen molar-refractivity contribution in [1.82, 2.24) is 4.90 Å². The van der Waals surface area contributed by atoms with E-state index in [2.05, 4.69) is 19.2 Å². The fourth-order valence-corrected chi connectivity index (χ4v) is 4.24. The van der Waals surface area contributed by atoms with Crippen LogP contribution in [0.4, 0.5) is 5.69 Å². The molecule has 1 N–H and O–H groups in total. The van der Waals surface area contributed by atoms with Crippen LogP contribution in [-0.2, 0) is 4.79 Å². The van der Waals surface area contributed by atoms with E-state index in [1.807, 2.05) is 30.0 Å². The third-order valence-electron chi connectivity index (χ3n) is 4.59. The van der Waals surface area contributed by atoms with Crippen molar-refractivity contribution in [2.75, 3.05) is 5.32 Å². The Morgan fingerprint density at radius 2 is 1.91 bits per heavy atom. The molecule has 2 heterocycles. The number of piperidine rings is 1. The van der Waals surface area contributed by atoms with Crippen LogP contribution in [0.3, 0.4) is 0 Å². The van der Waals surface area contributed by atoms with Crippen molar-refractivity contribution in [3.05, 3.63) is 23.8 Å². The van der Waals surface area contributed by atoms with Crippen LogP contribution in [0, 0.1) is 0 Å². The number of nitrogens with one attached hydrogen (secondary N) is 1. The van der Waals surface area contributed by atoms with Crippen molar-refractivity contribution < 1.29 is 9.59 Å². The lowest BCUT2D eigenvalue weighted by atomic mass is 9.96. The summed E-state index contributed by atoms with van der Waals surface area (Å²) in [6.45, 7) is 6.12. The summed E-state index contributed by atoms with van der Waals surface area (Å²) in [6.07, 6.45) is 3.30. The topological polar surface area (TPSA) is 49.4 Å². The Kier molecular flexibility index (Phi) is 4.17. The van der Waals surface area contributed by atoms with Crippen molar-refractivity contribution in [2.45, 2.75) is 62.3 Å². The van der Waals surface area contributed by atoms with Crippen molar-refractivity contribution in [1.29, 1.82) is 0 Å². The predicted octanol–water partition coefficient (Wildman–Crippen LogP) is 3.52. The molecule has 0 spiro atoms. The molecule has 3 unspecified atom stereocenters. The third kappa shape index (κ3) is 2.74. The molecule has 22 heavy (non-hydrogen) atoms. The van der Waals surface area contributed by atoms with E-state index < -0.39 is 0 Å². The molecule has 2 aliphatic heterocycles. The first kappa shape index (κ1) is 15.4. The van der Waals surface area contributed by atoms with Gasteiger partial charge in [-0.15, -0.1) is 11.8 Å². The zero-order valence-corrected chi connectivity index (χ0v) is 14.1.